The molecule has 0 bridgehead atoms. The van der Waals surface area contributed by atoms with E-state index < -0.39 is 10.7 Å². The van der Waals surface area contributed by atoms with Crippen molar-refractivity contribution in [1.82, 2.24) is 0 Å². The molecule has 0 aliphatic heterocycles. The van der Waals surface area contributed by atoms with Gasteiger partial charge in [-0.3, -0.25) is 10.1 Å². The van der Waals surface area contributed by atoms with Crippen LogP contribution in [0.25, 0.3) is 6.08 Å². The van der Waals surface area contributed by atoms with Crippen LogP contribution in [-0.4, -0.2) is 19.1 Å². The van der Waals surface area contributed by atoms with Crippen molar-refractivity contribution in [2.24, 2.45) is 0 Å². The smallest absolute Gasteiger partial charge is 0.243 e. The van der Waals surface area contributed by atoms with Crippen LogP contribution in [0.2, 0.25) is 0 Å². The van der Waals surface area contributed by atoms with Gasteiger partial charge in [-0.05, 0) is 6.07 Å². The third kappa shape index (κ3) is 2.93. The Morgan fingerprint density at radius 2 is 1.94 bits per heavy atom. The third-order valence-electron chi connectivity index (χ3n) is 2.16. The van der Waals surface area contributed by atoms with Crippen LogP contribution in [0.3, 0.4) is 0 Å². The lowest BCUT2D eigenvalue weighted by Gasteiger charge is -2.08. The van der Waals surface area contributed by atoms with Crippen molar-refractivity contribution in [1.29, 1.82) is 0 Å². The van der Waals surface area contributed by atoms with Crippen molar-refractivity contribution in [2.45, 2.75) is 6.92 Å². The molecular formula is C11H12FNO4. The normalized spacial score (nSPS) is 11.2. The van der Waals surface area contributed by atoms with Gasteiger partial charge in [0.15, 0.2) is 11.6 Å². The van der Waals surface area contributed by atoms with Crippen molar-refractivity contribution in [3.8, 4) is 11.5 Å². The number of methoxy groups -OCH3 is 2. The number of allylic oxidation sites excluding steroid dienone is 1. The second kappa shape index (κ2) is 5.29. The summed E-state index contributed by atoms with van der Waals surface area (Å²) in [5.41, 5.74) is 0.317. The van der Waals surface area contributed by atoms with Crippen LogP contribution in [0.4, 0.5) is 4.39 Å². The Labute approximate surface area is 97.6 Å². The first-order valence-electron chi connectivity index (χ1n) is 4.73. The summed E-state index contributed by atoms with van der Waals surface area (Å²) in [6, 6.07) is 2.47. The Hall–Kier alpha value is -2.11. The molecule has 0 saturated carbocycles. The fourth-order valence-electron chi connectivity index (χ4n) is 1.27. The first kappa shape index (κ1) is 13.0. The zero-order chi connectivity index (χ0) is 13.0. The monoisotopic (exact) mass is 241 g/mol. The number of nitrogens with zero attached hydrogens (tertiary/aromatic N) is 1. The second-order valence-electron chi connectivity index (χ2n) is 3.27. The van der Waals surface area contributed by atoms with Crippen molar-refractivity contribution in [2.75, 3.05) is 14.2 Å². The molecule has 0 radical (unpaired) electrons. The van der Waals surface area contributed by atoms with Crippen LogP contribution in [0.5, 0.6) is 11.5 Å². The average Bonchev–Trinajstić information content (AvgIpc) is 2.30. The average molecular weight is 241 g/mol. The molecule has 1 aromatic carbocycles. The van der Waals surface area contributed by atoms with E-state index in [-0.39, 0.29) is 17.2 Å². The molecule has 0 aliphatic carbocycles. The number of halogens is 1. The maximum atomic E-state index is 13.4. The molecular weight excluding hydrogens is 229 g/mol. The highest BCUT2D eigenvalue weighted by Gasteiger charge is 2.12. The second-order valence-corrected chi connectivity index (χ2v) is 3.27. The zero-order valence-corrected chi connectivity index (χ0v) is 9.69. The lowest BCUT2D eigenvalue weighted by atomic mass is 10.1. The first-order chi connectivity index (χ1) is 7.99. The quantitative estimate of drug-likeness (QED) is 0.600. The molecule has 92 valence electrons. The number of benzene rings is 1. The van der Waals surface area contributed by atoms with E-state index in [0.29, 0.717) is 5.56 Å². The molecule has 0 fully saturated rings. The Balaban J connectivity index is 3.31. The van der Waals surface area contributed by atoms with Crippen LogP contribution < -0.4 is 9.47 Å². The van der Waals surface area contributed by atoms with E-state index in [9.17, 15) is 14.5 Å². The maximum Gasteiger partial charge on any atom is 0.243 e. The molecule has 1 aromatic rings. The maximum absolute atomic E-state index is 13.4. The van der Waals surface area contributed by atoms with Gasteiger partial charge < -0.3 is 9.47 Å². The lowest BCUT2D eigenvalue weighted by molar-refractivity contribution is -0.422. The molecule has 0 heterocycles. The fraction of sp³-hybridized carbons (Fsp3) is 0.273. The predicted octanol–water partition coefficient (Wildman–Crippen LogP) is 2.48. The van der Waals surface area contributed by atoms with Crippen LogP contribution >= 0.6 is 0 Å². The predicted molar refractivity (Wildman–Crippen MR) is 60.1 cm³/mol. The van der Waals surface area contributed by atoms with Gasteiger partial charge in [0.2, 0.25) is 5.70 Å². The first-order valence-corrected chi connectivity index (χ1v) is 4.73. The van der Waals surface area contributed by atoms with E-state index >= 15 is 0 Å². The van der Waals surface area contributed by atoms with E-state index in [2.05, 4.69) is 0 Å². The Kier molecular flexibility index (Phi) is 4.03. The summed E-state index contributed by atoms with van der Waals surface area (Å²) in [7, 11) is 2.68. The summed E-state index contributed by atoms with van der Waals surface area (Å²) in [5, 5.41) is 10.5. The molecule has 0 aromatic heterocycles. The summed E-state index contributed by atoms with van der Waals surface area (Å²) < 4.78 is 23.1. The van der Waals surface area contributed by atoms with E-state index in [0.717, 1.165) is 6.07 Å². The summed E-state index contributed by atoms with van der Waals surface area (Å²) in [6.07, 6.45) is 1.29. The number of ether oxygens (including phenoxy) is 2. The highest BCUT2D eigenvalue weighted by atomic mass is 19.1. The molecule has 0 aliphatic rings. The molecule has 5 nitrogen and oxygen atoms in total. The SMILES string of the molecule is COc1cc(C=C(C)[N+](=O)[O-])c(OC)cc1F. The third-order valence-corrected chi connectivity index (χ3v) is 2.16. The van der Waals surface area contributed by atoms with Gasteiger partial charge in [0, 0.05) is 24.6 Å². The summed E-state index contributed by atoms with van der Waals surface area (Å²) >= 11 is 0. The van der Waals surface area contributed by atoms with Crippen molar-refractivity contribution in [3.05, 3.63) is 39.3 Å². The highest BCUT2D eigenvalue weighted by molar-refractivity contribution is 5.60. The van der Waals surface area contributed by atoms with E-state index in [1.165, 1.54) is 33.3 Å². The Bertz CT molecular complexity index is 471. The summed E-state index contributed by atoms with van der Waals surface area (Å²) in [4.78, 5) is 9.98. The zero-order valence-electron chi connectivity index (χ0n) is 9.69. The van der Waals surface area contributed by atoms with Gasteiger partial charge in [-0.15, -0.1) is 0 Å². The molecule has 0 atom stereocenters. The van der Waals surface area contributed by atoms with Crippen molar-refractivity contribution in [3.63, 3.8) is 0 Å². The molecule has 0 amide bonds. The van der Waals surface area contributed by atoms with Gasteiger partial charge in [-0.1, -0.05) is 0 Å². The van der Waals surface area contributed by atoms with E-state index in [1.807, 2.05) is 0 Å². The molecule has 0 spiro atoms. The summed E-state index contributed by atoms with van der Waals surface area (Å²) in [5.74, 6) is -0.363. The van der Waals surface area contributed by atoms with Gasteiger partial charge >= 0.3 is 0 Å². The highest BCUT2D eigenvalue weighted by Crippen LogP contribution is 2.29. The lowest BCUT2D eigenvalue weighted by Crippen LogP contribution is -1.96. The minimum Gasteiger partial charge on any atom is -0.496 e. The minimum absolute atomic E-state index is 0.00759. The number of nitro groups is 1. The van der Waals surface area contributed by atoms with Gasteiger partial charge in [0.25, 0.3) is 0 Å². The number of rotatable bonds is 4. The number of hydrogen-bond donors (Lipinski definition) is 0. The fourth-order valence-corrected chi connectivity index (χ4v) is 1.27. The minimum atomic E-state index is -0.583. The Morgan fingerprint density at radius 3 is 2.41 bits per heavy atom. The van der Waals surface area contributed by atoms with Gasteiger partial charge in [0.05, 0.1) is 19.1 Å². The topological polar surface area (TPSA) is 61.6 Å². The standard InChI is InChI=1S/C11H12FNO4/c1-7(13(14)15)4-8-5-11(17-3)9(12)6-10(8)16-2/h4-6H,1-3H3. The molecule has 0 saturated heterocycles. The molecule has 0 N–H and O–H groups in total. The van der Waals surface area contributed by atoms with Crippen LogP contribution in [0.1, 0.15) is 12.5 Å². The van der Waals surface area contributed by atoms with E-state index in [4.69, 9.17) is 9.47 Å². The van der Waals surface area contributed by atoms with Crippen LogP contribution in [-0.2, 0) is 0 Å². The largest absolute Gasteiger partial charge is 0.496 e. The molecule has 0 unspecified atom stereocenters. The van der Waals surface area contributed by atoms with Gasteiger partial charge in [0.1, 0.15) is 5.75 Å². The Morgan fingerprint density at radius 1 is 1.35 bits per heavy atom. The number of hydrogen-bond acceptors (Lipinski definition) is 4. The van der Waals surface area contributed by atoms with Gasteiger partial charge in [-0.2, -0.15) is 0 Å². The van der Waals surface area contributed by atoms with Crippen molar-refractivity contribution >= 4 is 6.08 Å². The molecule has 1 rings (SSSR count). The summed E-state index contributed by atoms with van der Waals surface area (Å²) in [6.45, 7) is 1.34. The van der Waals surface area contributed by atoms with Crippen LogP contribution in [0.15, 0.2) is 17.8 Å². The molecule has 6 heteroatoms. The van der Waals surface area contributed by atoms with Crippen LogP contribution in [0, 0.1) is 15.9 Å². The van der Waals surface area contributed by atoms with Gasteiger partial charge in [-0.25, -0.2) is 4.39 Å². The van der Waals surface area contributed by atoms with Crippen molar-refractivity contribution < 1.29 is 18.8 Å². The van der Waals surface area contributed by atoms with E-state index in [1.54, 1.807) is 0 Å². The molecule has 17 heavy (non-hydrogen) atoms.